The lowest BCUT2D eigenvalue weighted by Gasteiger charge is -2.10. The van der Waals surface area contributed by atoms with E-state index in [4.69, 9.17) is 0 Å². The van der Waals surface area contributed by atoms with Crippen LogP contribution < -0.4 is 22.1 Å². The highest BCUT2D eigenvalue weighted by atomic mass is 16.2. The number of hydrogen-bond acceptors (Lipinski definition) is 4. The van der Waals surface area contributed by atoms with Crippen molar-refractivity contribution in [3.8, 4) is 11.4 Å². The average molecular weight is 364 g/mol. The first kappa shape index (κ1) is 18.2. The zero-order valence-corrected chi connectivity index (χ0v) is 15.2. The summed E-state index contributed by atoms with van der Waals surface area (Å²) in [4.78, 5) is 9.20. The zero-order chi connectivity index (χ0) is 19.3. The summed E-state index contributed by atoms with van der Waals surface area (Å²) in [6, 6.07) is 29.8. The number of benzene rings is 2. The fourth-order valence-electron chi connectivity index (χ4n) is 3.11. The standard InChI is InChI=1S/C22H18B2N2O2/c27-23(17-9-3-1-4-10-17)21-15-7-13-19(25-21)20-14-8-16-22(26-20)24(28)18-11-5-2-6-12-18/h1-16,27-28H. The summed E-state index contributed by atoms with van der Waals surface area (Å²) in [5.74, 6) is 0. The maximum atomic E-state index is 10.6. The first-order valence-corrected chi connectivity index (χ1v) is 9.12. The minimum atomic E-state index is -0.806. The highest BCUT2D eigenvalue weighted by Crippen LogP contribution is 2.11. The molecule has 0 amide bonds. The molecule has 134 valence electrons. The molecule has 0 aliphatic rings. The van der Waals surface area contributed by atoms with Crippen LogP contribution in [0.1, 0.15) is 0 Å². The summed E-state index contributed by atoms with van der Waals surface area (Å²) < 4.78 is 0. The third-order valence-electron chi connectivity index (χ3n) is 4.59. The van der Waals surface area contributed by atoms with Gasteiger partial charge in [-0.05, 0) is 35.2 Å². The van der Waals surface area contributed by atoms with Crippen molar-refractivity contribution in [2.75, 3.05) is 0 Å². The van der Waals surface area contributed by atoms with Crippen molar-refractivity contribution in [1.29, 1.82) is 0 Å². The van der Waals surface area contributed by atoms with Gasteiger partial charge in [-0.25, -0.2) is 0 Å². The molecule has 6 heteroatoms. The summed E-state index contributed by atoms with van der Waals surface area (Å²) in [6.07, 6.45) is 0. The molecule has 0 saturated heterocycles. The molecule has 2 aromatic carbocycles. The summed E-state index contributed by atoms with van der Waals surface area (Å²) >= 11 is 0. The normalized spacial score (nSPS) is 10.5. The van der Waals surface area contributed by atoms with E-state index in [-0.39, 0.29) is 0 Å². The van der Waals surface area contributed by atoms with E-state index in [2.05, 4.69) is 9.97 Å². The molecule has 0 saturated carbocycles. The van der Waals surface area contributed by atoms with Crippen LogP contribution in [0.5, 0.6) is 0 Å². The van der Waals surface area contributed by atoms with Gasteiger partial charge in [-0.2, -0.15) is 0 Å². The second-order valence-electron chi connectivity index (χ2n) is 6.52. The second kappa shape index (κ2) is 8.21. The van der Waals surface area contributed by atoms with Gasteiger partial charge in [-0.15, -0.1) is 0 Å². The molecule has 0 radical (unpaired) electrons. The van der Waals surface area contributed by atoms with Gasteiger partial charge < -0.3 is 10.0 Å². The maximum Gasteiger partial charge on any atom is 0.378 e. The Hall–Kier alpha value is -3.21. The minimum absolute atomic E-state index is 0.555. The zero-order valence-electron chi connectivity index (χ0n) is 15.2. The molecule has 0 bridgehead atoms. The van der Waals surface area contributed by atoms with Crippen molar-refractivity contribution in [3.63, 3.8) is 0 Å². The third-order valence-corrected chi connectivity index (χ3v) is 4.59. The van der Waals surface area contributed by atoms with Crippen LogP contribution in [-0.2, 0) is 0 Å². The van der Waals surface area contributed by atoms with Gasteiger partial charge in [0.05, 0.1) is 11.4 Å². The summed E-state index contributed by atoms with van der Waals surface area (Å²) in [5.41, 5.74) is 3.98. The first-order chi connectivity index (χ1) is 13.7. The fourth-order valence-corrected chi connectivity index (χ4v) is 3.11. The Morgan fingerprint density at radius 3 is 1.25 bits per heavy atom. The van der Waals surface area contributed by atoms with Crippen molar-refractivity contribution in [2.24, 2.45) is 0 Å². The molecule has 0 aliphatic carbocycles. The van der Waals surface area contributed by atoms with Crippen LogP contribution in [0.4, 0.5) is 0 Å². The Bertz CT molecular complexity index is 975. The summed E-state index contributed by atoms with van der Waals surface area (Å²) in [7, 11) is 0. The quantitative estimate of drug-likeness (QED) is 0.502. The van der Waals surface area contributed by atoms with E-state index in [0.29, 0.717) is 22.6 Å². The summed E-state index contributed by atoms with van der Waals surface area (Å²) in [6.45, 7) is -1.61. The molecule has 4 rings (SSSR count). The average Bonchev–Trinajstić information content (AvgIpc) is 2.79. The molecule has 2 heterocycles. The molecule has 2 aromatic heterocycles. The molecule has 0 fully saturated rings. The maximum absolute atomic E-state index is 10.6. The van der Waals surface area contributed by atoms with E-state index in [9.17, 15) is 10.0 Å². The molecule has 0 atom stereocenters. The van der Waals surface area contributed by atoms with Gasteiger partial charge in [-0.3, -0.25) is 9.97 Å². The van der Waals surface area contributed by atoms with Gasteiger partial charge in [0, 0.05) is 11.2 Å². The third kappa shape index (κ3) is 3.88. The Morgan fingerprint density at radius 1 is 0.464 bits per heavy atom. The number of rotatable bonds is 5. The lowest BCUT2D eigenvalue weighted by atomic mass is 9.58. The molecule has 0 spiro atoms. The molecule has 0 aliphatic heterocycles. The van der Waals surface area contributed by atoms with Gasteiger partial charge in [0.15, 0.2) is 0 Å². The molecule has 4 aromatic rings. The van der Waals surface area contributed by atoms with Gasteiger partial charge in [0.1, 0.15) is 0 Å². The van der Waals surface area contributed by atoms with Crippen molar-refractivity contribution < 1.29 is 10.0 Å². The van der Waals surface area contributed by atoms with Crippen molar-refractivity contribution in [2.45, 2.75) is 0 Å². The molecule has 0 unspecified atom stereocenters. The van der Waals surface area contributed by atoms with Crippen LogP contribution in [0.15, 0.2) is 97.1 Å². The highest BCUT2D eigenvalue weighted by molar-refractivity contribution is 6.78. The topological polar surface area (TPSA) is 66.2 Å². The second-order valence-corrected chi connectivity index (χ2v) is 6.52. The number of hydrogen-bond donors (Lipinski definition) is 2. The van der Waals surface area contributed by atoms with Crippen molar-refractivity contribution in [3.05, 3.63) is 97.1 Å². The Balaban J connectivity index is 1.65. The predicted molar refractivity (Wildman–Crippen MR) is 115 cm³/mol. The van der Waals surface area contributed by atoms with Crippen LogP contribution in [0.2, 0.25) is 0 Å². The van der Waals surface area contributed by atoms with E-state index >= 15 is 0 Å². The largest absolute Gasteiger partial charge is 0.442 e. The van der Waals surface area contributed by atoms with Gasteiger partial charge in [0.25, 0.3) is 0 Å². The smallest absolute Gasteiger partial charge is 0.378 e. The molecular weight excluding hydrogens is 346 g/mol. The van der Waals surface area contributed by atoms with Crippen LogP contribution in [0.3, 0.4) is 0 Å². The Morgan fingerprint density at radius 2 is 0.857 bits per heavy atom. The number of pyridine rings is 2. The van der Waals surface area contributed by atoms with E-state index in [1.165, 1.54) is 0 Å². The fraction of sp³-hybridized carbons (Fsp3) is 0. The van der Waals surface area contributed by atoms with Crippen molar-refractivity contribution >= 4 is 35.9 Å². The minimum Gasteiger partial charge on any atom is -0.442 e. The Labute approximate surface area is 164 Å². The van der Waals surface area contributed by atoms with Gasteiger partial charge in [0.2, 0.25) is 0 Å². The Kier molecular flexibility index (Phi) is 5.33. The molecule has 2 N–H and O–H groups in total. The molecular formula is C22H18B2N2O2. The monoisotopic (exact) mass is 364 g/mol. The van der Waals surface area contributed by atoms with Crippen LogP contribution >= 0.6 is 0 Å². The van der Waals surface area contributed by atoms with E-state index in [1.807, 2.05) is 84.9 Å². The highest BCUT2D eigenvalue weighted by Gasteiger charge is 2.21. The summed E-state index contributed by atoms with van der Waals surface area (Å²) in [5, 5.41) is 21.3. The number of aromatic nitrogens is 2. The molecule has 4 nitrogen and oxygen atoms in total. The lowest BCUT2D eigenvalue weighted by Crippen LogP contribution is -2.44. The van der Waals surface area contributed by atoms with Crippen LogP contribution in [0.25, 0.3) is 11.4 Å². The van der Waals surface area contributed by atoms with Gasteiger partial charge in [-0.1, -0.05) is 72.8 Å². The van der Waals surface area contributed by atoms with Crippen molar-refractivity contribution in [1.82, 2.24) is 9.97 Å². The SMILES string of the molecule is OB(c1ccccc1)c1cccc(-c2cccc(B(O)c3ccccc3)n2)n1. The van der Waals surface area contributed by atoms with E-state index < -0.39 is 13.8 Å². The number of nitrogens with zero attached hydrogens (tertiary/aromatic N) is 2. The van der Waals surface area contributed by atoms with Gasteiger partial charge >= 0.3 is 13.8 Å². The van der Waals surface area contributed by atoms with E-state index in [1.54, 1.807) is 12.1 Å². The van der Waals surface area contributed by atoms with Crippen LogP contribution in [0, 0.1) is 0 Å². The lowest BCUT2D eigenvalue weighted by molar-refractivity contribution is 0.598. The predicted octanol–water partition coefficient (Wildman–Crippen LogP) is 0.340. The van der Waals surface area contributed by atoms with E-state index in [0.717, 1.165) is 10.9 Å². The first-order valence-electron chi connectivity index (χ1n) is 9.12. The van der Waals surface area contributed by atoms with Crippen LogP contribution in [-0.4, -0.2) is 33.8 Å². The molecule has 28 heavy (non-hydrogen) atoms.